The second kappa shape index (κ2) is 4.67. The van der Waals surface area contributed by atoms with Crippen LogP contribution in [0, 0.1) is 22.7 Å². The van der Waals surface area contributed by atoms with Gasteiger partial charge in [0.15, 0.2) is 0 Å². The van der Waals surface area contributed by atoms with Crippen LogP contribution in [0.4, 0.5) is 5.00 Å². The molecule has 2 rings (SSSR count). The van der Waals surface area contributed by atoms with Gasteiger partial charge in [0.05, 0.1) is 5.00 Å². The first-order valence-electron chi connectivity index (χ1n) is 5.92. The second-order valence-electron chi connectivity index (χ2n) is 5.31. The fraction of sp³-hybridized carbons (Fsp3) is 0.615. The number of aliphatic hydroxyl groups excluding tert-OH is 1. The summed E-state index contributed by atoms with van der Waals surface area (Å²) in [5.74, 6) is 0.309. The normalized spacial score (nSPS) is 23.4. The molecule has 1 aliphatic rings. The van der Waals surface area contributed by atoms with Crippen molar-refractivity contribution in [3.8, 4) is 6.07 Å². The van der Waals surface area contributed by atoms with E-state index in [0.29, 0.717) is 5.92 Å². The Bertz CT molecular complexity index is 433. The maximum Gasteiger partial charge on any atom is 0.110 e. The maximum atomic E-state index is 9.47. The van der Waals surface area contributed by atoms with E-state index in [-0.39, 0.29) is 12.0 Å². The molecule has 0 spiro atoms. The first-order valence-corrected chi connectivity index (χ1v) is 6.74. The summed E-state index contributed by atoms with van der Waals surface area (Å²) in [4.78, 5) is 3.04. The van der Waals surface area contributed by atoms with Gasteiger partial charge in [-0.2, -0.15) is 5.26 Å². The van der Waals surface area contributed by atoms with Gasteiger partial charge in [0.1, 0.15) is 10.9 Å². The summed E-state index contributed by atoms with van der Waals surface area (Å²) in [7, 11) is 0. The molecule has 17 heavy (non-hydrogen) atoms. The van der Waals surface area contributed by atoms with Crippen LogP contribution in [-0.4, -0.2) is 24.8 Å². The largest absolute Gasteiger partial charge is 0.396 e. The molecule has 1 saturated heterocycles. The monoisotopic (exact) mass is 250 g/mol. The van der Waals surface area contributed by atoms with Gasteiger partial charge in [-0.05, 0) is 24.0 Å². The third kappa shape index (κ3) is 2.46. The summed E-state index contributed by atoms with van der Waals surface area (Å²) in [6.45, 7) is 6.57. The molecule has 1 atom stereocenters. The lowest BCUT2D eigenvalue weighted by molar-refractivity contribution is 0.0970. The number of nitrogens with zero attached hydrogens (tertiary/aromatic N) is 2. The zero-order valence-electron chi connectivity index (χ0n) is 10.3. The van der Waals surface area contributed by atoms with Crippen molar-refractivity contribution in [2.75, 3.05) is 24.6 Å². The Labute approximate surface area is 106 Å². The number of aliphatic hydroxyl groups is 1. The Morgan fingerprint density at radius 2 is 2.35 bits per heavy atom. The number of thiophene rings is 1. The highest BCUT2D eigenvalue weighted by molar-refractivity contribution is 7.16. The summed E-state index contributed by atoms with van der Waals surface area (Å²) in [5.41, 5.74) is 0.209. The quantitative estimate of drug-likeness (QED) is 0.877. The summed E-state index contributed by atoms with van der Waals surface area (Å²) >= 11 is 1.54. The van der Waals surface area contributed by atoms with Crippen LogP contribution in [-0.2, 0) is 0 Å². The first-order chi connectivity index (χ1) is 8.06. The van der Waals surface area contributed by atoms with Crippen molar-refractivity contribution in [1.29, 1.82) is 5.26 Å². The van der Waals surface area contributed by atoms with Crippen LogP contribution in [0.5, 0.6) is 0 Å². The van der Waals surface area contributed by atoms with E-state index in [4.69, 9.17) is 5.26 Å². The van der Waals surface area contributed by atoms with Crippen LogP contribution in [0.15, 0.2) is 12.1 Å². The van der Waals surface area contributed by atoms with Gasteiger partial charge in [-0.15, -0.1) is 11.3 Å². The highest BCUT2D eigenvalue weighted by Gasteiger charge is 2.35. The fourth-order valence-corrected chi connectivity index (χ4v) is 3.13. The van der Waals surface area contributed by atoms with Gasteiger partial charge in [0.25, 0.3) is 0 Å². The predicted molar refractivity (Wildman–Crippen MR) is 70.2 cm³/mol. The third-order valence-corrected chi connectivity index (χ3v) is 4.86. The summed E-state index contributed by atoms with van der Waals surface area (Å²) < 4.78 is 0. The van der Waals surface area contributed by atoms with Crippen molar-refractivity contribution >= 4 is 16.3 Å². The van der Waals surface area contributed by atoms with Gasteiger partial charge in [-0.3, -0.25) is 0 Å². The lowest BCUT2D eigenvalue weighted by Gasteiger charge is -2.43. The van der Waals surface area contributed by atoms with Crippen molar-refractivity contribution in [2.24, 2.45) is 11.3 Å². The van der Waals surface area contributed by atoms with Crippen LogP contribution >= 0.6 is 11.3 Å². The van der Waals surface area contributed by atoms with E-state index >= 15 is 0 Å². The SMILES string of the molecule is CC1(C)CCN(c2ccc(C#N)s2)CC1CO. The molecular weight excluding hydrogens is 232 g/mol. The van der Waals surface area contributed by atoms with Gasteiger partial charge in [0.2, 0.25) is 0 Å². The zero-order chi connectivity index (χ0) is 12.5. The average Bonchev–Trinajstić information content (AvgIpc) is 2.77. The molecule has 4 heteroatoms. The van der Waals surface area contributed by atoms with Gasteiger partial charge in [-0.25, -0.2) is 0 Å². The number of nitriles is 1. The van der Waals surface area contributed by atoms with Crippen molar-refractivity contribution in [2.45, 2.75) is 20.3 Å². The predicted octanol–water partition coefficient (Wildman–Crippen LogP) is 2.46. The van der Waals surface area contributed by atoms with E-state index in [0.717, 1.165) is 29.4 Å². The minimum absolute atomic E-state index is 0.209. The van der Waals surface area contributed by atoms with Gasteiger partial charge < -0.3 is 10.0 Å². The number of hydrogen-bond donors (Lipinski definition) is 1. The molecule has 0 amide bonds. The molecule has 0 aliphatic carbocycles. The second-order valence-corrected chi connectivity index (χ2v) is 6.38. The summed E-state index contributed by atoms with van der Waals surface area (Å²) in [6.07, 6.45) is 1.08. The lowest BCUT2D eigenvalue weighted by Crippen LogP contribution is -2.46. The Morgan fingerprint density at radius 1 is 1.59 bits per heavy atom. The standard InChI is InChI=1S/C13H18N2OS/c1-13(2)5-6-15(8-10(13)9-16)12-4-3-11(7-14)17-12/h3-4,10,16H,5-6,8-9H2,1-2H3. The molecule has 1 N–H and O–H groups in total. The molecule has 1 fully saturated rings. The lowest BCUT2D eigenvalue weighted by atomic mass is 9.74. The minimum atomic E-state index is 0.209. The number of rotatable bonds is 2. The Morgan fingerprint density at radius 3 is 2.94 bits per heavy atom. The van der Waals surface area contributed by atoms with E-state index in [1.807, 2.05) is 12.1 Å². The summed E-state index contributed by atoms with van der Waals surface area (Å²) in [6, 6.07) is 6.05. The van der Waals surface area contributed by atoms with Gasteiger partial charge in [0, 0.05) is 25.6 Å². The average molecular weight is 250 g/mol. The minimum Gasteiger partial charge on any atom is -0.396 e. The Kier molecular flexibility index (Phi) is 3.41. The maximum absolute atomic E-state index is 9.47. The molecule has 0 aromatic carbocycles. The first kappa shape index (κ1) is 12.4. The number of anilines is 1. The van der Waals surface area contributed by atoms with E-state index in [2.05, 4.69) is 24.8 Å². The van der Waals surface area contributed by atoms with Gasteiger partial charge >= 0.3 is 0 Å². The third-order valence-electron chi connectivity index (χ3n) is 3.81. The molecule has 3 nitrogen and oxygen atoms in total. The van der Waals surface area contributed by atoms with E-state index in [9.17, 15) is 5.11 Å². The highest BCUT2D eigenvalue weighted by Crippen LogP contribution is 2.38. The van der Waals surface area contributed by atoms with Crippen molar-refractivity contribution in [1.82, 2.24) is 0 Å². The van der Waals surface area contributed by atoms with E-state index < -0.39 is 0 Å². The van der Waals surface area contributed by atoms with Crippen molar-refractivity contribution in [3.63, 3.8) is 0 Å². The molecule has 2 heterocycles. The summed E-state index contributed by atoms with van der Waals surface area (Å²) in [5, 5.41) is 19.4. The topological polar surface area (TPSA) is 47.3 Å². The molecule has 1 unspecified atom stereocenters. The van der Waals surface area contributed by atoms with Crippen molar-refractivity contribution in [3.05, 3.63) is 17.0 Å². The molecule has 0 saturated carbocycles. The Hall–Kier alpha value is -1.05. The molecule has 1 aromatic rings. The van der Waals surface area contributed by atoms with E-state index in [1.54, 1.807) is 0 Å². The molecule has 0 radical (unpaired) electrons. The van der Waals surface area contributed by atoms with Crippen LogP contribution < -0.4 is 4.90 Å². The number of hydrogen-bond acceptors (Lipinski definition) is 4. The smallest absolute Gasteiger partial charge is 0.110 e. The molecule has 1 aliphatic heterocycles. The Balaban J connectivity index is 2.12. The zero-order valence-corrected chi connectivity index (χ0v) is 11.1. The fourth-order valence-electron chi connectivity index (χ4n) is 2.29. The highest BCUT2D eigenvalue weighted by atomic mass is 32.1. The molecule has 92 valence electrons. The van der Waals surface area contributed by atoms with Crippen molar-refractivity contribution < 1.29 is 5.11 Å². The van der Waals surface area contributed by atoms with Crippen LogP contribution in [0.1, 0.15) is 25.1 Å². The van der Waals surface area contributed by atoms with E-state index in [1.165, 1.54) is 11.3 Å². The molecule has 0 bridgehead atoms. The van der Waals surface area contributed by atoms with Gasteiger partial charge in [-0.1, -0.05) is 13.8 Å². The molecule has 1 aromatic heterocycles. The van der Waals surface area contributed by atoms with Crippen LogP contribution in [0.3, 0.4) is 0 Å². The number of piperidine rings is 1. The van der Waals surface area contributed by atoms with Crippen LogP contribution in [0.2, 0.25) is 0 Å². The molecular formula is C13H18N2OS. The van der Waals surface area contributed by atoms with Crippen LogP contribution in [0.25, 0.3) is 0 Å².